The number of rotatable bonds is 8. The lowest BCUT2D eigenvalue weighted by Gasteiger charge is -2.29. The minimum Gasteiger partial charge on any atom is -0.450 e. The molecule has 2 amide bonds. The van der Waals surface area contributed by atoms with Crippen molar-refractivity contribution in [3.8, 4) is 0 Å². The van der Waals surface area contributed by atoms with Gasteiger partial charge in [-0.2, -0.15) is 0 Å². The van der Waals surface area contributed by atoms with E-state index in [1.807, 2.05) is 13.8 Å². The van der Waals surface area contributed by atoms with E-state index in [4.69, 9.17) is 15.0 Å². The summed E-state index contributed by atoms with van der Waals surface area (Å²) in [6.07, 6.45) is -1.78. The Balaban J connectivity index is 5.46. The standard InChI is InChI=1S/C19H35N5O5/c1-11(2)10-13(23-24-20)14(15(25)22-18(4,5)6)28-16(26)12(3)21-17(27)29-19(7,8)9/h11-14H,10H2,1-9H3,(H,21,27)(H,22,25)/t12-,13?,14?/m0/s1. The van der Waals surface area contributed by atoms with Crippen molar-refractivity contribution in [2.45, 2.75) is 98.1 Å². The molecular formula is C19H35N5O5. The molecule has 0 saturated carbocycles. The molecule has 0 aliphatic carbocycles. The molecule has 2 unspecified atom stereocenters. The fraction of sp³-hybridized carbons (Fsp3) is 0.842. The van der Waals surface area contributed by atoms with Crippen molar-refractivity contribution in [2.24, 2.45) is 11.0 Å². The molecule has 166 valence electrons. The molecular weight excluding hydrogens is 378 g/mol. The number of alkyl carbamates (subject to hydrolysis) is 1. The second-order valence-corrected chi connectivity index (χ2v) is 9.37. The highest BCUT2D eigenvalue weighted by Gasteiger charge is 2.35. The van der Waals surface area contributed by atoms with E-state index >= 15 is 0 Å². The number of ether oxygens (including phenoxy) is 2. The van der Waals surface area contributed by atoms with Crippen molar-refractivity contribution in [3.63, 3.8) is 0 Å². The molecule has 0 heterocycles. The molecule has 0 rings (SSSR count). The maximum atomic E-state index is 12.7. The number of carbonyl (C=O) groups is 3. The zero-order chi connectivity index (χ0) is 23.0. The molecule has 0 aromatic rings. The summed E-state index contributed by atoms with van der Waals surface area (Å²) in [5, 5.41) is 8.77. The SMILES string of the molecule is CC(C)CC(N=[N+]=[N-])C(OC(=O)[C@H](C)NC(=O)OC(C)(C)C)C(=O)NC(C)(C)C. The largest absolute Gasteiger partial charge is 0.450 e. The average molecular weight is 414 g/mol. The number of nitrogens with one attached hydrogen (secondary N) is 2. The summed E-state index contributed by atoms with van der Waals surface area (Å²) in [5.74, 6) is -1.33. The van der Waals surface area contributed by atoms with Crippen LogP contribution in [0.4, 0.5) is 4.79 Å². The molecule has 0 aliphatic heterocycles. The monoisotopic (exact) mass is 413 g/mol. The van der Waals surface area contributed by atoms with E-state index < -0.39 is 47.3 Å². The molecule has 0 spiro atoms. The van der Waals surface area contributed by atoms with Gasteiger partial charge in [-0.25, -0.2) is 9.59 Å². The fourth-order valence-electron chi connectivity index (χ4n) is 2.30. The van der Waals surface area contributed by atoms with Crippen LogP contribution in [0.2, 0.25) is 0 Å². The van der Waals surface area contributed by atoms with Crippen LogP contribution in [0.25, 0.3) is 10.4 Å². The maximum Gasteiger partial charge on any atom is 0.408 e. The number of carbonyl (C=O) groups excluding carboxylic acids is 3. The first-order valence-electron chi connectivity index (χ1n) is 9.62. The quantitative estimate of drug-likeness (QED) is 0.271. The second-order valence-electron chi connectivity index (χ2n) is 9.37. The van der Waals surface area contributed by atoms with Gasteiger partial charge in [0.05, 0.1) is 6.04 Å². The number of azide groups is 1. The third-order valence-corrected chi connectivity index (χ3v) is 3.35. The maximum absolute atomic E-state index is 12.7. The van der Waals surface area contributed by atoms with Gasteiger partial charge < -0.3 is 20.1 Å². The summed E-state index contributed by atoms with van der Waals surface area (Å²) in [7, 11) is 0. The molecule has 29 heavy (non-hydrogen) atoms. The summed E-state index contributed by atoms with van der Waals surface area (Å²) in [5.41, 5.74) is 7.58. The Morgan fingerprint density at radius 1 is 1.07 bits per heavy atom. The molecule has 0 radical (unpaired) electrons. The van der Waals surface area contributed by atoms with Crippen molar-refractivity contribution in [1.29, 1.82) is 0 Å². The van der Waals surface area contributed by atoms with Gasteiger partial charge in [-0.15, -0.1) is 0 Å². The average Bonchev–Trinajstić information content (AvgIpc) is 2.47. The first-order valence-corrected chi connectivity index (χ1v) is 9.62. The smallest absolute Gasteiger partial charge is 0.408 e. The predicted molar refractivity (Wildman–Crippen MR) is 109 cm³/mol. The summed E-state index contributed by atoms with van der Waals surface area (Å²) in [6, 6.07) is -1.96. The van der Waals surface area contributed by atoms with Crippen molar-refractivity contribution in [2.75, 3.05) is 0 Å². The predicted octanol–water partition coefficient (Wildman–Crippen LogP) is 3.45. The van der Waals surface area contributed by atoms with Crippen molar-refractivity contribution in [1.82, 2.24) is 10.6 Å². The van der Waals surface area contributed by atoms with E-state index in [2.05, 4.69) is 20.7 Å². The zero-order valence-electron chi connectivity index (χ0n) is 18.9. The van der Waals surface area contributed by atoms with Crippen LogP contribution >= 0.6 is 0 Å². The Bertz CT molecular complexity index is 630. The highest BCUT2D eigenvalue weighted by Crippen LogP contribution is 2.17. The highest BCUT2D eigenvalue weighted by molar-refractivity contribution is 5.87. The fourth-order valence-corrected chi connectivity index (χ4v) is 2.30. The summed E-state index contributed by atoms with van der Waals surface area (Å²) in [6.45, 7) is 15.6. The molecule has 2 N–H and O–H groups in total. The Morgan fingerprint density at radius 3 is 2.03 bits per heavy atom. The summed E-state index contributed by atoms with van der Waals surface area (Å²) in [4.78, 5) is 39.9. The molecule has 0 saturated heterocycles. The Morgan fingerprint density at radius 2 is 1.62 bits per heavy atom. The van der Waals surface area contributed by atoms with Crippen molar-refractivity contribution in [3.05, 3.63) is 10.4 Å². The number of amides is 2. The molecule has 0 aromatic heterocycles. The normalized spacial score (nSPS) is 14.8. The lowest BCUT2D eigenvalue weighted by molar-refractivity contribution is -0.159. The van der Waals surface area contributed by atoms with E-state index in [-0.39, 0.29) is 5.92 Å². The number of esters is 1. The van der Waals surface area contributed by atoms with Crippen LogP contribution in [0.1, 0.15) is 68.7 Å². The van der Waals surface area contributed by atoms with Crippen LogP contribution in [0.3, 0.4) is 0 Å². The first-order chi connectivity index (χ1) is 13.1. The van der Waals surface area contributed by atoms with Gasteiger partial charge in [0.1, 0.15) is 11.6 Å². The van der Waals surface area contributed by atoms with Crippen LogP contribution in [0.5, 0.6) is 0 Å². The van der Waals surface area contributed by atoms with Crippen molar-refractivity contribution >= 4 is 18.0 Å². The van der Waals surface area contributed by atoms with Gasteiger partial charge in [-0.3, -0.25) is 4.79 Å². The van der Waals surface area contributed by atoms with Crippen LogP contribution in [-0.4, -0.2) is 47.3 Å². The van der Waals surface area contributed by atoms with Gasteiger partial charge in [0.15, 0.2) is 6.10 Å². The third kappa shape index (κ3) is 11.8. The van der Waals surface area contributed by atoms with Gasteiger partial charge in [-0.1, -0.05) is 19.0 Å². The van der Waals surface area contributed by atoms with E-state index in [0.29, 0.717) is 6.42 Å². The minimum atomic E-state index is -1.33. The number of nitrogens with zero attached hydrogens (tertiary/aromatic N) is 3. The zero-order valence-corrected chi connectivity index (χ0v) is 18.9. The molecule has 10 nitrogen and oxygen atoms in total. The van der Waals surface area contributed by atoms with Crippen LogP contribution < -0.4 is 10.6 Å². The van der Waals surface area contributed by atoms with Crippen LogP contribution in [0.15, 0.2) is 5.11 Å². The molecule has 3 atom stereocenters. The van der Waals surface area contributed by atoms with Crippen LogP contribution in [0, 0.1) is 5.92 Å². The highest BCUT2D eigenvalue weighted by atomic mass is 16.6. The lowest BCUT2D eigenvalue weighted by Crippen LogP contribution is -2.52. The first kappa shape index (κ1) is 26.5. The lowest BCUT2D eigenvalue weighted by atomic mass is 9.98. The molecule has 0 bridgehead atoms. The second kappa shape index (κ2) is 10.9. The topological polar surface area (TPSA) is 142 Å². The summed E-state index contributed by atoms with van der Waals surface area (Å²) >= 11 is 0. The van der Waals surface area contributed by atoms with E-state index in [1.54, 1.807) is 41.5 Å². The van der Waals surface area contributed by atoms with Crippen molar-refractivity contribution < 1.29 is 23.9 Å². The molecule has 0 aromatic carbocycles. The van der Waals surface area contributed by atoms with Gasteiger partial charge >= 0.3 is 12.1 Å². The Kier molecular flexibility index (Phi) is 9.97. The van der Waals surface area contributed by atoms with Gasteiger partial charge in [-0.05, 0) is 66.3 Å². The molecule has 10 heteroatoms. The number of hydrogen-bond acceptors (Lipinski definition) is 6. The van der Waals surface area contributed by atoms with Crippen LogP contribution in [-0.2, 0) is 19.1 Å². The van der Waals surface area contributed by atoms with E-state index in [9.17, 15) is 14.4 Å². The minimum absolute atomic E-state index is 0.0893. The van der Waals surface area contributed by atoms with Gasteiger partial charge in [0, 0.05) is 10.5 Å². The third-order valence-electron chi connectivity index (χ3n) is 3.35. The van der Waals surface area contributed by atoms with E-state index in [1.165, 1.54) is 6.92 Å². The van der Waals surface area contributed by atoms with E-state index in [0.717, 1.165) is 0 Å². The Labute approximate surface area is 172 Å². The van der Waals surface area contributed by atoms with Gasteiger partial charge in [0.2, 0.25) is 0 Å². The molecule has 0 aliphatic rings. The number of hydrogen-bond donors (Lipinski definition) is 2. The Hall–Kier alpha value is -2.48. The summed E-state index contributed by atoms with van der Waals surface area (Å²) < 4.78 is 10.5. The molecule has 0 fully saturated rings. The van der Waals surface area contributed by atoms with Gasteiger partial charge in [0.25, 0.3) is 5.91 Å².